The Morgan fingerprint density at radius 1 is 1.10 bits per heavy atom. The predicted molar refractivity (Wildman–Crippen MR) is 177 cm³/mol. The number of aliphatic hydroxyl groups is 2. The maximum atomic E-state index is 13.1. The molecule has 1 saturated heterocycles. The third-order valence-corrected chi connectivity index (χ3v) is 8.16. The number of aliphatic hydroxyl groups excluding tert-OH is 2. The van der Waals surface area contributed by atoms with Crippen LogP contribution in [0.5, 0.6) is 0 Å². The number of nitrogens with one attached hydrogen (secondary N) is 5. The third-order valence-electron chi connectivity index (χ3n) is 8.16. The summed E-state index contributed by atoms with van der Waals surface area (Å²) in [6.07, 6.45) is -2.35. The van der Waals surface area contributed by atoms with E-state index < -0.39 is 78.2 Å². The molecule has 0 spiro atoms. The molecule has 5 atom stereocenters. The van der Waals surface area contributed by atoms with Gasteiger partial charge in [-0.2, -0.15) is 4.98 Å². The molecule has 1 amide bonds. The first-order chi connectivity index (χ1) is 23.3. The normalized spacial score (nSPS) is 20.2. The molecule has 50 heavy (non-hydrogen) atoms. The van der Waals surface area contributed by atoms with Crippen LogP contribution in [0, 0.1) is 0 Å². The molecule has 11 N–H and O–H groups in total. The Kier molecular flexibility index (Phi) is 12.6. The van der Waals surface area contributed by atoms with Gasteiger partial charge in [-0.1, -0.05) is 0 Å². The minimum Gasteiger partial charge on any atom is -0.481 e. The van der Waals surface area contributed by atoms with Gasteiger partial charge in [0.2, 0.25) is 5.95 Å². The molecule has 2 aliphatic rings. The van der Waals surface area contributed by atoms with E-state index in [1.165, 1.54) is 18.3 Å². The van der Waals surface area contributed by atoms with E-state index >= 15 is 0 Å². The zero-order chi connectivity index (χ0) is 35.4. The van der Waals surface area contributed by atoms with Gasteiger partial charge in [0, 0.05) is 43.4 Å². The quantitative estimate of drug-likeness (QED) is 0.0809. The fourth-order valence-electron chi connectivity index (χ4n) is 5.60. The van der Waals surface area contributed by atoms with Crippen LogP contribution in [0.4, 0.5) is 23.1 Å². The number of aromatic nitrogens is 4. The molecule has 5 rings (SSSR count). The fourth-order valence-corrected chi connectivity index (χ4v) is 5.60. The van der Waals surface area contributed by atoms with E-state index in [9.17, 15) is 44.1 Å². The van der Waals surface area contributed by atoms with Crippen molar-refractivity contribution in [2.24, 2.45) is 0 Å². The number of rotatable bonds is 13. The summed E-state index contributed by atoms with van der Waals surface area (Å²) in [5.74, 6) is -3.21. The van der Waals surface area contributed by atoms with E-state index in [-0.39, 0.29) is 98.8 Å². The van der Waals surface area contributed by atoms with Gasteiger partial charge in [-0.05, 0) is 30.7 Å². The number of aromatic amines is 2. The summed E-state index contributed by atoms with van der Waals surface area (Å²) in [5, 5.41) is 46.4. The van der Waals surface area contributed by atoms with Crippen LogP contribution in [0.2, 0.25) is 0 Å². The van der Waals surface area contributed by atoms with E-state index in [0.29, 0.717) is 5.69 Å². The van der Waals surface area contributed by atoms with Crippen molar-refractivity contribution in [3.8, 4) is 0 Å². The van der Waals surface area contributed by atoms with Crippen LogP contribution < -0.4 is 43.4 Å². The molecule has 2 aromatic heterocycles. The standard InChI is InChI=1S/C29H35N9O11.Ca/c30-28-34-23-22(26(45)35-28)37(10-14-11-38(29(48)36-25(14)44)20-7-18(40)19(12-39)49-20)16(9-32-23)8-31-15-3-1-13(2-4-15)24(43)33-17(27(46)47)5-6-21(41)42;/h1-4,11,16-20,31,39-40H,5-10,12H2,(H,33,43)(H,41,42)(H,46,47)(H,36,44,48)(H4,30,32,34,35,45);/q;+2. The molecule has 1 aromatic carbocycles. The number of carbonyl (C=O) groups is 3. The number of nitrogens with two attached hydrogens (primary N) is 1. The zero-order valence-corrected chi connectivity index (χ0v) is 28.7. The van der Waals surface area contributed by atoms with Gasteiger partial charge in [-0.25, -0.2) is 9.59 Å². The second-order valence-electron chi connectivity index (χ2n) is 11.5. The van der Waals surface area contributed by atoms with Crippen molar-refractivity contribution in [1.29, 1.82) is 0 Å². The molecule has 5 unspecified atom stereocenters. The van der Waals surface area contributed by atoms with Gasteiger partial charge < -0.3 is 51.7 Å². The number of H-pyrrole nitrogens is 2. The largest absolute Gasteiger partial charge is 2.00 e. The maximum Gasteiger partial charge on any atom is 2.00 e. The van der Waals surface area contributed by atoms with Crippen LogP contribution in [0.1, 0.15) is 41.4 Å². The molecule has 20 nitrogen and oxygen atoms in total. The number of nitrogens with zero attached hydrogens (tertiary/aromatic N) is 3. The number of hydrogen-bond donors (Lipinski definition) is 10. The van der Waals surface area contributed by atoms with Crippen LogP contribution in [-0.2, 0) is 20.9 Å². The van der Waals surface area contributed by atoms with E-state index in [0.717, 1.165) is 4.57 Å². The monoisotopic (exact) mass is 725 g/mol. The Morgan fingerprint density at radius 2 is 1.82 bits per heavy atom. The minimum absolute atomic E-state index is 0. The van der Waals surface area contributed by atoms with Crippen molar-refractivity contribution >= 4 is 78.7 Å². The van der Waals surface area contributed by atoms with E-state index in [1.54, 1.807) is 17.0 Å². The number of hydrogen-bond acceptors (Lipinski definition) is 14. The zero-order valence-electron chi connectivity index (χ0n) is 26.5. The summed E-state index contributed by atoms with van der Waals surface area (Å²) in [5.41, 5.74) is 4.51. The van der Waals surface area contributed by atoms with Crippen molar-refractivity contribution in [2.45, 2.75) is 56.3 Å². The SMILES string of the molecule is Nc1nc2c(c(=O)[nH]1)N(Cc1cn(C3CC(O)C(CO)O3)c(=O)[nH]c1=O)C(CNc1ccc(C(=O)NC(CCC(=O)O)C(=O)O)cc1)CN2.[Ca+2]. The van der Waals surface area contributed by atoms with Crippen molar-refractivity contribution in [2.75, 3.05) is 41.0 Å². The fraction of sp³-hybridized carbons (Fsp3) is 0.414. The number of carboxylic acids is 2. The average molecular weight is 726 g/mol. The topological polar surface area (TPSA) is 307 Å². The number of ether oxygens (including phenoxy) is 1. The molecule has 0 bridgehead atoms. The summed E-state index contributed by atoms with van der Waals surface area (Å²) in [7, 11) is 0. The number of fused-ring (bicyclic) bond motifs is 1. The predicted octanol–water partition coefficient (Wildman–Crippen LogP) is -2.58. The van der Waals surface area contributed by atoms with Crippen molar-refractivity contribution in [3.63, 3.8) is 0 Å². The number of aliphatic carboxylic acids is 2. The van der Waals surface area contributed by atoms with Crippen LogP contribution in [0.15, 0.2) is 44.8 Å². The first-order valence-corrected chi connectivity index (χ1v) is 15.1. The van der Waals surface area contributed by atoms with Gasteiger partial charge in [0.1, 0.15) is 24.1 Å². The number of benzene rings is 1. The Morgan fingerprint density at radius 3 is 2.46 bits per heavy atom. The Hall–Kier alpha value is -4.47. The number of carboxylic acid groups (broad SMARTS) is 2. The second-order valence-corrected chi connectivity index (χ2v) is 11.5. The summed E-state index contributed by atoms with van der Waals surface area (Å²) < 4.78 is 6.71. The van der Waals surface area contributed by atoms with Crippen LogP contribution in [0.3, 0.4) is 0 Å². The molecule has 21 heteroatoms. The van der Waals surface area contributed by atoms with Crippen molar-refractivity contribution in [1.82, 2.24) is 24.8 Å². The average Bonchev–Trinajstić information content (AvgIpc) is 3.43. The van der Waals surface area contributed by atoms with Crippen LogP contribution >= 0.6 is 0 Å². The third kappa shape index (κ3) is 8.81. The summed E-state index contributed by atoms with van der Waals surface area (Å²) in [6, 6.07) is 4.15. The number of amides is 1. The molecule has 3 aromatic rings. The van der Waals surface area contributed by atoms with E-state index in [2.05, 4.69) is 30.9 Å². The van der Waals surface area contributed by atoms with Gasteiger partial charge in [0.05, 0.1) is 30.9 Å². The Balaban J connectivity index is 0.00000562. The van der Waals surface area contributed by atoms with Gasteiger partial charge in [-0.15, -0.1) is 0 Å². The molecule has 1 fully saturated rings. The molecule has 4 heterocycles. The van der Waals surface area contributed by atoms with Crippen LogP contribution in [0.25, 0.3) is 0 Å². The number of carbonyl (C=O) groups excluding carboxylic acids is 1. The molecule has 262 valence electrons. The number of nitrogen functional groups attached to an aromatic ring is 1. The maximum absolute atomic E-state index is 13.1. The van der Waals surface area contributed by atoms with Gasteiger partial charge in [-0.3, -0.25) is 33.7 Å². The van der Waals surface area contributed by atoms with Gasteiger partial charge >= 0.3 is 55.4 Å². The Labute approximate surface area is 311 Å². The van der Waals surface area contributed by atoms with Crippen LogP contribution in [-0.4, -0.2) is 140 Å². The van der Waals surface area contributed by atoms with Crippen molar-refractivity contribution < 1.29 is 39.5 Å². The van der Waals surface area contributed by atoms with Gasteiger partial charge in [0.15, 0.2) is 5.82 Å². The van der Waals surface area contributed by atoms with Crippen molar-refractivity contribution in [3.05, 3.63) is 72.8 Å². The molecule has 2 aliphatic heterocycles. The number of anilines is 4. The first-order valence-electron chi connectivity index (χ1n) is 15.1. The van der Waals surface area contributed by atoms with Gasteiger partial charge in [0.25, 0.3) is 17.0 Å². The van der Waals surface area contributed by atoms with E-state index in [4.69, 9.17) is 15.6 Å². The first kappa shape index (κ1) is 38.3. The second kappa shape index (κ2) is 16.5. The molecular formula is C29H35CaN9O11+2. The molecular weight excluding hydrogens is 690 g/mol. The summed E-state index contributed by atoms with van der Waals surface area (Å²) in [4.78, 5) is 84.2. The molecule has 0 aliphatic carbocycles. The van der Waals surface area contributed by atoms with E-state index in [1.807, 2.05) is 0 Å². The smallest absolute Gasteiger partial charge is 0.481 e. The molecule has 0 radical (unpaired) electrons. The summed E-state index contributed by atoms with van der Waals surface area (Å²) in [6.45, 7) is -0.220. The minimum atomic E-state index is -1.39. The summed E-state index contributed by atoms with van der Waals surface area (Å²) >= 11 is 0. The Bertz CT molecular complexity index is 1900. The molecule has 0 saturated carbocycles.